The van der Waals surface area contributed by atoms with Crippen LogP contribution in [-0.4, -0.2) is 47.3 Å². The van der Waals surface area contributed by atoms with Crippen LogP contribution in [0.2, 0.25) is 0 Å². The summed E-state index contributed by atoms with van der Waals surface area (Å²) in [7, 11) is 0. The van der Waals surface area contributed by atoms with E-state index in [0.717, 1.165) is 28.7 Å². The first-order valence-electron chi connectivity index (χ1n) is 10.6. The van der Waals surface area contributed by atoms with Crippen LogP contribution >= 0.6 is 11.8 Å². The number of nitrogens with one attached hydrogen (secondary N) is 1. The Bertz CT molecular complexity index is 1480. The van der Waals surface area contributed by atoms with Crippen molar-refractivity contribution in [2.45, 2.75) is 32.5 Å². The molecule has 0 fully saturated rings. The van der Waals surface area contributed by atoms with E-state index in [1.807, 2.05) is 50.2 Å². The minimum absolute atomic E-state index is 0.0283. The van der Waals surface area contributed by atoms with E-state index in [4.69, 9.17) is 5.73 Å². The van der Waals surface area contributed by atoms with Gasteiger partial charge in [-0.25, -0.2) is 14.3 Å². The first kappa shape index (κ1) is 23.2. The summed E-state index contributed by atoms with van der Waals surface area (Å²) < 4.78 is 2.86. The number of nitrogens with two attached hydrogens (primary N) is 1. The molecule has 3 N–H and O–H groups in total. The van der Waals surface area contributed by atoms with Gasteiger partial charge in [-0.1, -0.05) is 42.1 Å². The number of fused-ring (bicyclic) bond motifs is 1. The predicted molar refractivity (Wildman–Crippen MR) is 130 cm³/mol. The number of carbonyl (C=O) groups excluding carboxylic acids is 1. The summed E-state index contributed by atoms with van der Waals surface area (Å²) in [6.45, 7) is 5.85. The number of aromatic nitrogens is 6. The van der Waals surface area contributed by atoms with E-state index in [-0.39, 0.29) is 36.3 Å². The van der Waals surface area contributed by atoms with Crippen LogP contribution in [0.5, 0.6) is 0 Å². The van der Waals surface area contributed by atoms with Gasteiger partial charge in [0.1, 0.15) is 5.82 Å². The van der Waals surface area contributed by atoms with Crippen LogP contribution in [0.3, 0.4) is 0 Å². The highest BCUT2D eigenvalue weighted by Crippen LogP contribution is 2.21. The van der Waals surface area contributed by atoms with Gasteiger partial charge in [0, 0.05) is 17.9 Å². The van der Waals surface area contributed by atoms with Gasteiger partial charge in [-0.15, -0.1) is 5.10 Å². The number of aromatic amines is 1. The van der Waals surface area contributed by atoms with Crippen LogP contribution in [0.1, 0.15) is 23.9 Å². The van der Waals surface area contributed by atoms with E-state index in [2.05, 4.69) is 20.1 Å². The summed E-state index contributed by atoms with van der Waals surface area (Å²) in [5.41, 5.74) is 7.36. The highest BCUT2D eigenvalue weighted by Gasteiger charge is 2.24. The maximum absolute atomic E-state index is 13.1. The molecule has 3 heterocycles. The zero-order chi connectivity index (χ0) is 24.4. The summed E-state index contributed by atoms with van der Waals surface area (Å²) >= 11 is 1.13. The van der Waals surface area contributed by atoms with Crippen molar-refractivity contribution in [2.24, 2.45) is 0 Å². The molecule has 0 spiro atoms. The van der Waals surface area contributed by atoms with E-state index < -0.39 is 11.2 Å². The fourth-order valence-corrected chi connectivity index (χ4v) is 4.33. The van der Waals surface area contributed by atoms with Gasteiger partial charge in [0.2, 0.25) is 11.1 Å². The molecule has 0 saturated carbocycles. The number of benzene rings is 1. The monoisotopic (exact) mass is 480 g/mol. The van der Waals surface area contributed by atoms with Crippen LogP contribution in [0.15, 0.2) is 51.1 Å². The Morgan fingerprint density at radius 2 is 1.91 bits per heavy atom. The number of anilines is 2. The van der Waals surface area contributed by atoms with Gasteiger partial charge < -0.3 is 10.6 Å². The normalized spacial score (nSPS) is 11.1. The van der Waals surface area contributed by atoms with Crippen LogP contribution in [0.4, 0.5) is 11.5 Å². The quantitative estimate of drug-likeness (QED) is 0.377. The lowest BCUT2D eigenvalue weighted by Gasteiger charge is -2.23. The van der Waals surface area contributed by atoms with Crippen molar-refractivity contribution in [1.29, 1.82) is 0 Å². The van der Waals surface area contributed by atoms with E-state index in [9.17, 15) is 14.4 Å². The van der Waals surface area contributed by atoms with E-state index >= 15 is 0 Å². The smallest absolute Gasteiger partial charge is 0.330 e. The Morgan fingerprint density at radius 1 is 1.18 bits per heavy atom. The molecule has 0 bridgehead atoms. The molecule has 3 aromatic heterocycles. The fraction of sp³-hybridized carbons (Fsp3) is 0.273. The molecule has 0 aliphatic carbocycles. The SMILES string of the molecule is CCN(C(=O)CSc1nc2nc(C)cc(C)n2n1)c1c(N)n(Cc2ccccc2)c(=O)[nH]c1=O. The molecule has 34 heavy (non-hydrogen) atoms. The summed E-state index contributed by atoms with van der Waals surface area (Å²) in [5.74, 6) is -0.0128. The van der Waals surface area contributed by atoms with Gasteiger partial charge in [0.15, 0.2) is 5.69 Å². The molecule has 1 amide bonds. The first-order valence-corrected chi connectivity index (χ1v) is 11.6. The predicted octanol–water partition coefficient (Wildman–Crippen LogP) is 1.37. The van der Waals surface area contributed by atoms with Gasteiger partial charge in [0.25, 0.3) is 11.3 Å². The van der Waals surface area contributed by atoms with Crippen molar-refractivity contribution in [3.8, 4) is 0 Å². The number of hydrogen-bond acceptors (Lipinski definition) is 8. The second-order valence-corrected chi connectivity index (χ2v) is 8.58. The number of aryl methyl sites for hydroxylation is 2. The van der Waals surface area contributed by atoms with Gasteiger partial charge in [0.05, 0.1) is 12.3 Å². The number of hydrogen-bond donors (Lipinski definition) is 2. The van der Waals surface area contributed by atoms with Crippen LogP contribution in [-0.2, 0) is 11.3 Å². The van der Waals surface area contributed by atoms with Gasteiger partial charge >= 0.3 is 5.69 Å². The second-order valence-electron chi connectivity index (χ2n) is 7.64. The lowest BCUT2D eigenvalue weighted by atomic mass is 10.2. The Hall–Kier alpha value is -3.93. The number of rotatable bonds is 7. The first-order chi connectivity index (χ1) is 16.3. The van der Waals surface area contributed by atoms with Crippen molar-refractivity contribution >= 4 is 35.0 Å². The minimum Gasteiger partial charge on any atom is -0.383 e. The Labute approximate surface area is 198 Å². The van der Waals surface area contributed by atoms with Crippen molar-refractivity contribution < 1.29 is 4.79 Å². The molecule has 0 unspecified atom stereocenters. The molecule has 11 nitrogen and oxygen atoms in total. The van der Waals surface area contributed by atoms with E-state index in [1.54, 1.807) is 11.4 Å². The van der Waals surface area contributed by atoms with Gasteiger partial charge in [-0.2, -0.15) is 4.98 Å². The molecular formula is C22H24N8O3S. The summed E-state index contributed by atoms with van der Waals surface area (Å²) in [6.07, 6.45) is 0. The zero-order valence-electron chi connectivity index (χ0n) is 19.0. The second kappa shape index (κ2) is 9.51. The fourth-order valence-electron chi connectivity index (χ4n) is 3.63. The molecule has 4 rings (SSSR count). The number of carbonyl (C=O) groups is 1. The Balaban J connectivity index is 1.59. The van der Waals surface area contributed by atoms with Crippen LogP contribution in [0.25, 0.3) is 5.78 Å². The molecule has 0 saturated heterocycles. The third-order valence-corrected chi connectivity index (χ3v) is 6.03. The lowest BCUT2D eigenvalue weighted by molar-refractivity contribution is -0.116. The summed E-state index contributed by atoms with van der Waals surface area (Å²) in [4.78, 5) is 50.4. The molecule has 12 heteroatoms. The highest BCUT2D eigenvalue weighted by molar-refractivity contribution is 7.99. The van der Waals surface area contributed by atoms with Gasteiger partial charge in [-0.3, -0.25) is 19.1 Å². The van der Waals surface area contributed by atoms with E-state index in [0.29, 0.717) is 10.9 Å². The molecular weight excluding hydrogens is 456 g/mol. The molecule has 4 aromatic rings. The standard InChI is InChI=1S/C22H24N8O3S/c1-4-28(16(31)12-34-21-26-20-24-13(2)10-14(3)30(20)27-21)17-18(23)29(22(33)25-19(17)32)11-15-8-6-5-7-9-15/h5-10H,4,11-12,23H2,1-3H3,(H,25,32,33). The molecule has 0 atom stereocenters. The van der Waals surface area contributed by atoms with E-state index in [1.165, 1.54) is 9.47 Å². The number of H-pyrrole nitrogens is 1. The topological polar surface area (TPSA) is 144 Å². The minimum atomic E-state index is -0.715. The number of amides is 1. The Kier molecular flexibility index (Phi) is 6.50. The summed E-state index contributed by atoms with van der Waals surface area (Å²) in [6, 6.07) is 11.1. The maximum atomic E-state index is 13.1. The summed E-state index contributed by atoms with van der Waals surface area (Å²) in [5, 5.41) is 4.78. The Morgan fingerprint density at radius 3 is 2.62 bits per heavy atom. The number of thioether (sulfide) groups is 1. The third-order valence-electron chi connectivity index (χ3n) is 5.21. The van der Waals surface area contributed by atoms with Gasteiger partial charge in [-0.05, 0) is 32.4 Å². The average molecular weight is 481 g/mol. The van der Waals surface area contributed by atoms with Crippen LogP contribution < -0.4 is 21.9 Å². The average Bonchev–Trinajstić information content (AvgIpc) is 3.21. The largest absolute Gasteiger partial charge is 0.383 e. The van der Waals surface area contributed by atoms with Crippen LogP contribution in [0, 0.1) is 13.8 Å². The van der Waals surface area contributed by atoms with Crippen molar-refractivity contribution in [1.82, 2.24) is 29.1 Å². The molecule has 0 aliphatic rings. The lowest BCUT2D eigenvalue weighted by Crippen LogP contribution is -2.41. The van der Waals surface area contributed by atoms with Crippen molar-refractivity contribution in [3.05, 3.63) is 74.2 Å². The molecule has 176 valence electrons. The molecule has 0 aliphatic heterocycles. The molecule has 0 radical (unpaired) electrons. The third kappa shape index (κ3) is 4.57. The number of nitrogen functional groups attached to an aromatic ring is 1. The zero-order valence-corrected chi connectivity index (χ0v) is 19.8. The highest BCUT2D eigenvalue weighted by atomic mass is 32.2. The maximum Gasteiger partial charge on any atom is 0.330 e. The van der Waals surface area contributed by atoms with Crippen molar-refractivity contribution in [2.75, 3.05) is 22.9 Å². The number of nitrogens with zero attached hydrogens (tertiary/aromatic N) is 6. The van der Waals surface area contributed by atoms with Crippen molar-refractivity contribution in [3.63, 3.8) is 0 Å². The molecule has 1 aromatic carbocycles.